The van der Waals surface area contributed by atoms with Gasteiger partial charge >= 0.3 is 0 Å². The van der Waals surface area contributed by atoms with Gasteiger partial charge in [-0.05, 0) is 36.0 Å². The van der Waals surface area contributed by atoms with Gasteiger partial charge in [-0.25, -0.2) is 4.98 Å². The first-order valence-electron chi connectivity index (χ1n) is 10.5. The van der Waals surface area contributed by atoms with E-state index in [1.54, 1.807) is 20.3 Å². The normalized spacial score (nSPS) is 14.5. The van der Waals surface area contributed by atoms with Crippen LogP contribution in [0.25, 0.3) is 0 Å². The molecular formula is C23H32IN5O2. The van der Waals surface area contributed by atoms with E-state index in [2.05, 4.69) is 25.5 Å². The van der Waals surface area contributed by atoms with Crippen LogP contribution in [0.4, 0.5) is 0 Å². The van der Waals surface area contributed by atoms with E-state index in [4.69, 9.17) is 4.74 Å². The quantitative estimate of drug-likeness (QED) is 0.322. The Balaban J connectivity index is 0.00000341. The van der Waals surface area contributed by atoms with E-state index < -0.39 is 0 Å². The second-order valence-corrected chi connectivity index (χ2v) is 7.49. The lowest BCUT2D eigenvalue weighted by atomic mass is 9.93. The Labute approximate surface area is 201 Å². The minimum Gasteiger partial charge on any atom is -0.473 e. The zero-order valence-corrected chi connectivity index (χ0v) is 20.5. The van der Waals surface area contributed by atoms with Crippen molar-refractivity contribution in [3.05, 3.63) is 59.8 Å². The predicted molar refractivity (Wildman–Crippen MR) is 134 cm³/mol. The second kappa shape index (κ2) is 13.1. The summed E-state index contributed by atoms with van der Waals surface area (Å²) >= 11 is 0. The van der Waals surface area contributed by atoms with Crippen LogP contribution in [0.1, 0.15) is 30.4 Å². The minimum absolute atomic E-state index is 0. The third-order valence-corrected chi connectivity index (χ3v) is 5.36. The molecule has 0 bridgehead atoms. The van der Waals surface area contributed by atoms with E-state index in [1.807, 2.05) is 42.5 Å². The van der Waals surface area contributed by atoms with Gasteiger partial charge in [0, 0.05) is 52.4 Å². The van der Waals surface area contributed by atoms with Crippen molar-refractivity contribution in [3.8, 4) is 5.88 Å². The maximum Gasteiger partial charge on any atom is 0.220 e. The number of guanidine groups is 1. The fourth-order valence-corrected chi connectivity index (χ4v) is 3.60. The molecule has 7 nitrogen and oxygen atoms in total. The van der Waals surface area contributed by atoms with E-state index in [9.17, 15) is 4.79 Å². The number of piperidine rings is 1. The van der Waals surface area contributed by atoms with Crippen molar-refractivity contribution in [2.24, 2.45) is 10.9 Å². The molecule has 0 spiro atoms. The standard InChI is InChI=1S/C23H31N5O2.HI/c1-24-21(29)14-18-9-12-28(13-10-18)23(25-2)27-16-20-8-11-26-22(15-20)30-17-19-6-4-3-5-7-19;/h3-8,11,15,18H,9-10,12-14,16-17H2,1-2H3,(H,24,29)(H,25,27);1H. The van der Waals surface area contributed by atoms with Gasteiger partial charge < -0.3 is 20.3 Å². The fourth-order valence-electron chi connectivity index (χ4n) is 3.60. The molecule has 1 saturated heterocycles. The van der Waals surface area contributed by atoms with Crippen molar-refractivity contribution in [3.63, 3.8) is 0 Å². The molecule has 1 aliphatic heterocycles. The summed E-state index contributed by atoms with van der Waals surface area (Å²) in [6.45, 7) is 2.96. The minimum atomic E-state index is 0. The molecule has 2 N–H and O–H groups in total. The second-order valence-electron chi connectivity index (χ2n) is 7.49. The van der Waals surface area contributed by atoms with E-state index in [-0.39, 0.29) is 29.9 Å². The number of aromatic nitrogens is 1. The number of amides is 1. The average molecular weight is 537 g/mol. The monoisotopic (exact) mass is 537 g/mol. The Morgan fingerprint density at radius 2 is 1.94 bits per heavy atom. The number of halogens is 1. The number of carbonyl (C=O) groups is 1. The molecule has 31 heavy (non-hydrogen) atoms. The molecule has 3 rings (SSSR count). The van der Waals surface area contributed by atoms with Crippen molar-refractivity contribution in [2.45, 2.75) is 32.4 Å². The number of nitrogens with zero attached hydrogens (tertiary/aromatic N) is 3. The molecule has 1 aromatic heterocycles. The lowest BCUT2D eigenvalue weighted by Gasteiger charge is -2.34. The lowest BCUT2D eigenvalue weighted by Crippen LogP contribution is -2.45. The smallest absolute Gasteiger partial charge is 0.220 e. The first-order chi connectivity index (χ1) is 14.7. The Morgan fingerprint density at radius 3 is 2.61 bits per heavy atom. The van der Waals surface area contributed by atoms with E-state index in [0.29, 0.717) is 31.4 Å². The number of likely N-dealkylation sites (tertiary alicyclic amines) is 1. The van der Waals surface area contributed by atoms with Crippen molar-refractivity contribution < 1.29 is 9.53 Å². The summed E-state index contributed by atoms with van der Waals surface area (Å²) in [4.78, 5) is 22.6. The number of ether oxygens (including phenoxy) is 1. The van der Waals surface area contributed by atoms with Crippen LogP contribution >= 0.6 is 24.0 Å². The Kier molecular flexibility index (Phi) is 10.6. The van der Waals surface area contributed by atoms with Gasteiger partial charge in [0.1, 0.15) is 6.61 Å². The third-order valence-electron chi connectivity index (χ3n) is 5.36. The molecule has 0 radical (unpaired) electrons. The first kappa shape index (κ1) is 24.9. The van der Waals surface area contributed by atoms with E-state index in [1.165, 1.54) is 0 Å². The Hall–Kier alpha value is -2.36. The average Bonchev–Trinajstić information content (AvgIpc) is 2.80. The summed E-state index contributed by atoms with van der Waals surface area (Å²) in [6.07, 6.45) is 4.38. The van der Waals surface area contributed by atoms with Crippen molar-refractivity contribution in [2.75, 3.05) is 27.2 Å². The highest BCUT2D eigenvalue weighted by molar-refractivity contribution is 14.0. The maximum atomic E-state index is 11.6. The van der Waals surface area contributed by atoms with Gasteiger partial charge in [-0.1, -0.05) is 30.3 Å². The molecule has 1 aliphatic rings. The molecule has 0 saturated carbocycles. The largest absolute Gasteiger partial charge is 0.473 e. The third kappa shape index (κ3) is 8.01. The first-order valence-corrected chi connectivity index (χ1v) is 10.5. The summed E-state index contributed by atoms with van der Waals surface area (Å²) in [6, 6.07) is 14.0. The highest BCUT2D eigenvalue weighted by Gasteiger charge is 2.23. The zero-order valence-electron chi connectivity index (χ0n) is 18.2. The zero-order chi connectivity index (χ0) is 21.2. The molecule has 0 unspecified atom stereocenters. The Morgan fingerprint density at radius 1 is 1.19 bits per heavy atom. The number of aliphatic imine (C=N–C) groups is 1. The number of hydrogen-bond acceptors (Lipinski definition) is 4. The van der Waals surface area contributed by atoms with Crippen LogP contribution in [0.3, 0.4) is 0 Å². The van der Waals surface area contributed by atoms with Crippen LogP contribution in [0.5, 0.6) is 5.88 Å². The topological polar surface area (TPSA) is 78.9 Å². The van der Waals surface area contributed by atoms with Gasteiger partial charge in [0.2, 0.25) is 11.8 Å². The van der Waals surface area contributed by atoms with Gasteiger partial charge in [-0.3, -0.25) is 9.79 Å². The lowest BCUT2D eigenvalue weighted by molar-refractivity contribution is -0.121. The van der Waals surface area contributed by atoms with Gasteiger partial charge in [0.05, 0.1) is 0 Å². The van der Waals surface area contributed by atoms with Crippen LogP contribution in [0.15, 0.2) is 53.7 Å². The van der Waals surface area contributed by atoms with Crippen LogP contribution in [0, 0.1) is 5.92 Å². The molecule has 1 aromatic carbocycles. The fraction of sp³-hybridized carbons (Fsp3) is 0.435. The maximum absolute atomic E-state index is 11.6. The summed E-state index contributed by atoms with van der Waals surface area (Å²) in [5.74, 6) is 2.07. The summed E-state index contributed by atoms with van der Waals surface area (Å²) in [7, 11) is 3.50. The molecule has 2 aromatic rings. The Bertz CT molecular complexity index is 839. The van der Waals surface area contributed by atoms with Gasteiger partial charge in [0.25, 0.3) is 0 Å². The molecule has 0 atom stereocenters. The summed E-state index contributed by atoms with van der Waals surface area (Å²) < 4.78 is 5.82. The summed E-state index contributed by atoms with van der Waals surface area (Å²) in [5.41, 5.74) is 2.20. The molecule has 1 fully saturated rings. The molecular weight excluding hydrogens is 505 g/mol. The predicted octanol–water partition coefficient (Wildman–Crippen LogP) is 3.20. The molecule has 1 amide bonds. The van der Waals surface area contributed by atoms with Crippen molar-refractivity contribution in [1.82, 2.24) is 20.5 Å². The van der Waals surface area contributed by atoms with Gasteiger partial charge in [-0.15, -0.1) is 24.0 Å². The number of benzene rings is 1. The van der Waals surface area contributed by atoms with Crippen LogP contribution in [-0.4, -0.2) is 48.9 Å². The van der Waals surface area contributed by atoms with Crippen molar-refractivity contribution >= 4 is 35.8 Å². The van der Waals surface area contributed by atoms with Crippen molar-refractivity contribution in [1.29, 1.82) is 0 Å². The molecule has 0 aliphatic carbocycles. The molecule has 2 heterocycles. The summed E-state index contributed by atoms with van der Waals surface area (Å²) in [5, 5.41) is 6.15. The van der Waals surface area contributed by atoms with Crippen LogP contribution in [-0.2, 0) is 17.9 Å². The van der Waals surface area contributed by atoms with E-state index in [0.717, 1.165) is 43.0 Å². The van der Waals surface area contributed by atoms with Crippen LogP contribution < -0.4 is 15.4 Å². The molecule has 168 valence electrons. The number of rotatable bonds is 7. The number of pyridine rings is 1. The van der Waals surface area contributed by atoms with E-state index >= 15 is 0 Å². The SMILES string of the molecule is CN=C(NCc1ccnc(OCc2ccccc2)c1)N1CCC(CC(=O)NC)CC1.I. The highest BCUT2D eigenvalue weighted by Crippen LogP contribution is 2.20. The van der Waals surface area contributed by atoms with Gasteiger partial charge in [-0.2, -0.15) is 0 Å². The van der Waals surface area contributed by atoms with Crippen LogP contribution in [0.2, 0.25) is 0 Å². The molecule has 8 heteroatoms. The van der Waals surface area contributed by atoms with Gasteiger partial charge in [0.15, 0.2) is 5.96 Å². The highest BCUT2D eigenvalue weighted by atomic mass is 127. The number of hydrogen-bond donors (Lipinski definition) is 2. The number of nitrogens with one attached hydrogen (secondary N) is 2. The number of carbonyl (C=O) groups excluding carboxylic acids is 1.